The Morgan fingerprint density at radius 2 is 1.79 bits per heavy atom. The van der Waals surface area contributed by atoms with Gasteiger partial charge in [0, 0.05) is 31.3 Å². The lowest BCUT2D eigenvalue weighted by molar-refractivity contribution is 0.0430. The molecule has 0 saturated carbocycles. The molecule has 1 amide bonds. The first-order chi connectivity index (χ1) is 16.2. The second-order valence-electron chi connectivity index (χ2n) is 9.89. The van der Waals surface area contributed by atoms with Gasteiger partial charge in [0.05, 0.1) is 13.2 Å². The molecule has 0 aromatic heterocycles. The highest BCUT2D eigenvalue weighted by Gasteiger charge is 2.32. The molecule has 2 heterocycles. The second kappa shape index (κ2) is 10.3. The first kappa shape index (κ1) is 22.4. The number of benzene rings is 2. The minimum Gasteiger partial charge on any atom is -0.497 e. The molecule has 1 atom stereocenters. The number of piperidine rings is 1. The smallest absolute Gasteiger partial charge is 0.254 e. The fourth-order valence-corrected chi connectivity index (χ4v) is 5.82. The minimum absolute atomic E-state index is 0.0954. The van der Waals surface area contributed by atoms with Crippen LogP contribution in [0.2, 0.25) is 0 Å². The summed E-state index contributed by atoms with van der Waals surface area (Å²) in [5, 5.41) is 0. The highest BCUT2D eigenvalue weighted by Crippen LogP contribution is 2.29. The summed E-state index contributed by atoms with van der Waals surface area (Å²) in [6, 6.07) is 17.1. The van der Waals surface area contributed by atoms with Crippen LogP contribution in [-0.4, -0.2) is 67.7 Å². The topological polar surface area (TPSA) is 42.0 Å². The van der Waals surface area contributed by atoms with Crippen molar-refractivity contribution in [2.75, 3.05) is 39.9 Å². The van der Waals surface area contributed by atoms with Crippen molar-refractivity contribution in [3.63, 3.8) is 0 Å². The molecule has 3 aliphatic rings. The van der Waals surface area contributed by atoms with Crippen molar-refractivity contribution in [1.82, 2.24) is 9.80 Å². The van der Waals surface area contributed by atoms with Gasteiger partial charge in [-0.05, 0) is 86.9 Å². The molecule has 1 aliphatic carbocycles. The van der Waals surface area contributed by atoms with E-state index in [-0.39, 0.29) is 12.0 Å². The van der Waals surface area contributed by atoms with Crippen molar-refractivity contribution in [2.24, 2.45) is 5.92 Å². The lowest BCUT2D eigenvalue weighted by Crippen LogP contribution is -2.46. The maximum absolute atomic E-state index is 13.5. The number of fused-ring (bicyclic) bond motifs is 1. The molecule has 176 valence electrons. The second-order valence-corrected chi connectivity index (χ2v) is 9.89. The number of hydrogen-bond donors (Lipinski definition) is 0. The first-order valence-corrected chi connectivity index (χ1v) is 12.6. The Morgan fingerprint density at radius 3 is 2.45 bits per heavy atom. The zero-order valence-electron chi connectivity index (χ0n) is 19.7. The third-order valence-corrected chi connectivity index (χ3v) is 7.73. The average molecular weight is 449 g/mol. The van der Waals surface area contributed by atoms with Crippen LogP contribution in [0.15, 0.2) is 48.5 Å². The molecule has 2 saturated heterocycles. The van der Waals surface area contributed by atoms with Gasteiger partial charge < -0.3 is 14.4 Å². The van der Waals surface area contributed by atoms with E-state index in [1.807, 2.05) is 24.3 Å². The molecule has 0 spiro atoms. The Bertz CT molecular complexity index is 923. The zero-order valence-corrected chi connectivity index (χ0v) is 19.7. The highest BCUT2D eigenvalue weighted by atomic mass is 16.5. The van der Waals surface area contributed by atoms with Gasteiger partial charge in [0.2, 0.25) is 0 Å². The van der Waals surface area contributed by atoms with E-state index in [0.717, 1.165) is 57.7 Å². The van der Waals surface area contributed by atoms with Crippen molar-refractivity contribution in [1.29, 1.82) is 0 Å². The fraction of sp³-hybridized carbons (Fsp3) is 0.536. The molecule has 2 aliphatic heterocycles. The van der Waals surface area contributed by atoms with E-state index in [9.17, 15) is 4.79 Å². The number of carbonyl (C=O) groups excluding carboxylic acids is 1. The molecule has 0 radical (unpaired) electrons. The zero-order chi connectivity index (χ0) is 22.6. The van der Waals surface area contributed by atoms with Crippen LogP contribution in [0.3, 0.4) is 0 Å². The number of ether oxygens (including phenoxy) is 2. The Balaban J connectivity index is 1.20. The van der Waals surface area contributed by atoms with Crippen LogP contribution in [0.1, 0.15) is 47.2 Å². The lowest BCUT2D eigenvalue weighted by Gasteiger charge is -2.38. The molecule has 2 aromatic rings. The van der Waals surface area contributed by atoms with E-state index >= 15 is 0 Å². The van der Waals surface area contributed by atoms with E-state index in [2.05, 4.69) is 34.1 Å². The summed E-state index contributed by atoms with van der Waals surface area (Å²) in [6.07, 6.45) is 6.97. The van der Waals surface area contributed by atoms with Gasteiger partial charge in [-0.2, -0.15) is 0 Å². The summed E-state index contributed by atoms with van der Waals surface area (Å²) in [6.45, 7) is 4.58. The number of nitrogens with zero attached hydrogens (tertiary/aromatic N) is 2. The van der Waals surface area contributed by atoms with Crippen LogP contribution in [-0.2, 0) is 17.6 Å². The van der Waals surface area contributed by atoms with Gasteiger partial charge >= 0.3 is 0 Å². The van der Waals surface area contributed by atoms with Crippen LogP contribution >= 0.6 is 0 Å². The van der Waals surface area contributed by atoms with Gasteiger partial charge in [0.25, 0.3) is 5.91 Å². The molecule has 2 aromatic carbocycles. The maximum atomic E-state index is 13.5. The van der Waals surface area contributed by atoms with Crippen LogP contribution < -0.4 is 4.74 Å². The Kier molecular flexibility index (Phi) is 6.98. The van der Waals surface area contributed by atoms with Crippen molar-refractivity contribution >= 4 is 5.91 Å². The molecule has 5 heteroatoms. The Morgan fingerprint density at radius 1 is 1.03 bits per heavy atom. The standard InChI is InChI=1S/C28H36N2O3/c1-32-26-9-4-8-24(18-26)28(31)30(20-27-10-5-15-33-27)19-21-11-13-29(14-12-21)25-16-22-6-2-3-7-23(22)17-25/h2-4,6-9,18,21,25,27H,5,10-17,19-20H2,1H3/t27-/m0/s1. The predicted molar refractivity (Wildman–Crippen MR) is 130 cm³/mol. The summed E-state index contributed by atoms with van der Waals surface area (Å²) < 4.78 is 11.2. The normalized spacial score (nSPS) is 21.8. The number of likely N-dealkylation sites (tertiary alicyclic amines) is 1. The SMILES string of the molecule is COc1cccc(C(=O)N(CC2CCN(C3Cc4ccccc4C3)CC2)C[C@@H]2CCCO2)c1. The summed E-state index contributed by atoms with van der Waals surface area (Å²) in [7, 11) is 1.64. The molecule has 5 nitrogen and oxygen atoms in total. The maximum Gasteiger partial charge on any atom is 0.254 e. The summed E-state index contributed by atoms with van der Waals surface area (Å²) in [4.78, 5) is 18.2. The number of amides is 1. The van der Waals surface area contributed by atoms with E-state index in [0.29, 0.717) is 24.1 Å². The van der Waals surface area contributed by atoms with Gasteiger partial charge in [-0.25, -0.2) is 0 Å². The van der Waals surface area contributed by atoms with Crippen LogP contribution in [0, 0.1) is 5.92 Å². The highest BCUT2D eigenvalue weighted by molar-refractivity contribution is 5.94. The molecule has 0 bridgehead atoms. The molecule has 0 unspecified atom stereocenters. The molecule has 0 N–H and O–H groups in total. The largest absolute Gasteiger partial charge is 0.497 e. The molecule has 2 fully saturated rings. The van der Waals surface area contributed by atoms with Crippen LogP contribution in [0.4, 0.5) is 0 Å². The minimum atomic E-state index is 0.0954. The molecular formula is C28H36N2O3. The number of methoxy groups -OCH3 is 1. The molecule has 33 heavy (non-hydrogen) atoms. The Labute approximate surface area is 197 Å². The number of rotatable bonds is 7. The quantitative estimate of drug-likeness (QED) is 0.637. The summed E-state index contributed by atoms with van der Waals surface area (Å²) in [5.41, 5.74) is 3.75. The average Bonchev–Trinajstić information content (AvgIpc) is 3.53. The number of carbonyl (C=O) groups is 1. The van der Waals surface area contributed by atoms with Crippen molar-refractivity contribution < 1.29 is 14.3 Å². The van der Waals surface area contributed by atoms with Gasteiger partial charge in [-0.3, -0.25) is 9.69 Å². The monoisotopic (exact) mass is 448 g/mol. The van der Waals surface area contributed by atoms with Crippen molar-refractivity contribution in [3.8, 4) is 5.75 Å². The molecule has 5 rings (SSSR count). The van der Waals surface area contributed by atoms with E-state index in [1.165, 1.54) is 24.0 Å². The van der Waals surface area contributed by atoms with Crippen molar-refractivity contribution in [2.45, 2.75) is 50.7 Å². The van der Waals surface area contributed by atoms with E-state index in [4.69, 9.17) is 9.47 Å². The lowest BCUT2D eigenvalue weighted by atomic mass is 9.94. The van der Waals surface area contributed by atoms with Crippen molar-refractivity contribution in [3.05, 3.63) is 65.2 Å². The molecular weight excluding hydrogens is 412 g/mol. The van der Waals surface area contributed by atoms with Gasteiger partial charge in [-0.15, -0.1) is 0 Å². The van der Waals surface area contributed by atoms with Crippen LogP contribution in [0.25, 0.3) is 0 Å². The van der Waals surface area contributed by atoms with Gasteiger partial charge in [-0.1, -0.05) is 30.3 Å². The fourth-order valence-electron chi connectivity index (χ4n) is 5.82. The third-order valence-electron chi connectivity index (χ3n) is 7.73. The van der Waals surface area contributed by atoms with Gasteiger partial charge in [0.15, 0.2) is 0 Å². The van der Waals surface area contributed by atoms with E-state index < -0.39 is 0 Å². The van der Waals surface area contributed by atoms with E-state index in [1.54, 1.807) is 7.11 Å². The summed E-state index contributed by atoms with van der Waals surface area (Å²) >= 11 is 0. The first-order valence-electron chi connectivity index (χ1n) is 12.6. The Hall–Kier alpha value is -2.37. The third kappa shape index (κ3) is 5.25. The van der Waals surface area contributed by atoms with Crippen LogP contribution in [0.5, 0.6) is 5.75 Å². The summed E-state index contributed by atoms with van der Waals surface area (Å²) in [5.74, 6) is 1.36. The predicted octanol–water partition coefficient (Wildman–Crippen LogP) is 4.20. The van der Waals surface area contributed by atoms with Gasteiger partial charge in [0.1, 0.15) is 5.75 Å². The number of hydrogen-bond acceptors (Lipinski definition) is 4.